The van der Waals surface area contributed by atoms with Crippen LogP contribution in [0.5, 0.6) is 0 Å². The summed E-state index contributed by atoms with van der Waals surface area (Å²) >= 11 is 0. The van der Waals surface area contributed by atoms with E-state index in [4.69, 9.17) is 0 Å². The van der Waals surface area contributed by atoms with Crippen LogP contribution in [0.1, 0.15) is 25.0 Å². The number of nitrogens with zero attached hydrogens (tertiary/aromatic N) is 2. The van der Waals surface area contributed by atoms with E-state index in [1.165, 1.54) is 50.2 Å². The van der Waals surface area contributed by atoms with E-state index >= 15 is 0 Å². The van der Waals surface area contributed by atoms with Gasteiger partial charge in [0.05, 0.1) is 5.69 Å². The number of hydrogen-bond acceptors (Lipinski definition) is 2. The summed E-state index contributed by atoms with van der Waals surface area (Å²) in [6.07, 6.45) is 0. The van der Waals surface area contributed by atoms with Crippen molar-refractivity contribution in [3.63, 3.8) is 0 Å². The van der Waals surface area contributed by atoms with Crippen LogP contribution in [0.2, 0.25) is 0 Å². The number of para-hydroxylation sites is 2. The Morgan fingerprint density at radius 3 is 1.26 bits per heavy atom. The number of hydrogen-bond donors (Lipinski definition) is 0. The molecule has 53 heavy (non-hydrogen) atoms. The van der Waals surface area contributed by atoms with E-state index in [-0.39, 0.29) is 5.41 Å². The van der Waals surface area contributed by atoms with Crippen molar-refractivity contribution in [2.75, 3.05) is 9.80 Å². The molecule has 9 rings (SSSR count). The van der Waals surface area contributed by atoms with Crippen LogP contribution in [-0.2, 0) is 5.41 Å². The van der Waals surface area contributed by atoms with Gasteiger partial charge < -0.3 is 9.80 Å². The van der Waals surface area contributed by atoms with Gasteiger partial charge in [0.1, 0.15) is 0 Å². The Hall–Kier alpha value is -6.64. The van der Waals surface area contributed by atoms with Gasteiger partial charge in [-0.05, 0) is 106 Å². The van der Waals surface area contributed by atoms with Gasteiger partial charge in [-0.3, -0.25) is 0 Å². The van der Waals surface area contributed by atoms with Gasteiger partial charge in [-0.25, -0.2) is 0 Å². The SMILES string of the molecule is CC1(C)c2cc(N(c3ccccc3)c3ccc(-c4ccccc4)cc3)ccc2-c2c(N(c3ccccc3)c3ccc(-c4ccccc4)cc3)cccc21. The minimum absolute atomic E-state index is 0.213. The second-order valence-electron chi connectivity index (χ2n) is 14.2. The Morgan fingerprint density at radius 1 is 0.321 bits per heavy atom. The summed E-state index contributed by atoms with van der Waals surface area (Å²) < 4.78 is 0. The highest BCUT2D eigenvalue weighted by Crippen LogP contribution is 2.55. The Kier molecular flexibility index (Phi) is 8.21. The van der Waals surface area contributed by atoms with Crippen LogP contribution in [0, 0.1) is 0 Å². The lowest BCUT2D eigenvalue weighted by Crippen LogP contribution is -2.17. The van der Waals surface area contributed by atoms with E-state index in [9.17, 15) is 0 Å². The Balaban J connectivity index is 1.16. The van der Waals surface area contributed by atoms with E-state index in [0.29, 0.717) is 0 Å². The molecule has 0 amide bonds. The first-order valence-corrected chi connectivity index (χ1v) is 18.4. The molecule has 0 heterocycles. The number of anilines is 6. The molecular formula is C51H40N2. The zero-order valence-electron chi connectivity index (χ0n) is 30.0. The number of benzene rings is 8. The van der Waals surface area contributed by atoms with Crippen molar-refractivity contribution in [2.45, 2.75) is 19.3 Å². The largest absolute Gasteiger partial charge is 0.310 e. The molecular weight excluding hydrogens is 641 g/mol. The van der Waals surface area contributed by atoms with E-state index in [0.717, 1.165) is 28.4 Å². The lowest BCUT2D eigenvalue weighted by Gasteiger charge is -2.29. The second-order valence-corrected chi connectivity index (χ2v) is 14.2. The van der Waals surface area contributed by atoms with Gasteiger partial charge >= 0.3 is 0 Å². The maximum absolute atomic E-state index is 2.42. The van der Waals surface area contributed by atoms with E-state index < -0.39 is 0 Å². The van der Waals surface area contributed by atoms with Gasteiger partial charge in [-0.1, -0.05) is 153 Å². The maximum Gasteiger partial charge on any atom is 0.0543 e. The molecule has 0 spiro atoms. The summed E-state index contributed by atoms with van der Waals surface area (Å²) in [4.78, 5) is 4.79. The smallest absolute Gasteiger partial charge is 0.0543 e. The van der Waals surface area contributed by atoms with Crippen LogP contribution in [-0.4, -0.2) is 0 Å². The average molecular weight is 681 g/mol. The van der Waals surface area contributed by atoms with Crippen LogP contribution in [0.25, 0.3) is 33.4 Å². The van der Waals surface area contributed by atoms with Crippen molar-refractivity contribution in [2.24, 2.45) is 0 Å². The Bertz CT molecular complexity index is 2490. The lowest BCUT2D eigenvalue weighted by molar-refractivity contribution is 0.660. The number of rotatable bonds is 8. The molecule has 0 aromatic heterocycles. The monoisotopic (exact) mass is 680 g/mol. The molecule has 0 saturated carbocycles. The van der Waals surface area contributed by atoms with Crippen molar-refractivity contribution >= 4 is 34.1 Å². The van der Waals surface area contributed by atoms with Crippen molar-refractivity contribution < 1.29 is 0 Å². The van der Waals surface area contributed by atoms with E-state index in [1.54, 1.807) is 0 Å². The highest BCUT2D eigenvalue weighted by atomic mass is 15.2. The molecule has 2 heteroatoms. The summed E-state index contributed by atoms with van der Waals surface area (Å²) in [5, 5.41) is 0. The average Bonchev–Trinajstić information content (AvgIpc) is 3.46. The fraction of sp³-hybridized carbons (Fsp3) is 0.0588. The molecule has 0 saturated heterocycles. The minimum Gasteiger partial charge on any atom is -0.310 e. The van der Waals surface area contributed by atoms with Crippen molar-refractivity contribution in [3.05, 3.63) is 217 Å². The van der Waals surface area contributed by atoms with Gasteiger partial charge in [-0.2, -0.15) is 0 Å². The van der Waals surface area contributed by atoms with Crippen molar-refractivity contribution in [1.29, 1.82) is 0 Å². The Morgan fingerprint density at radius 2 is 0.736 bits per heavy atom. The second kappa shape index (κ2) is 13.5. The predicted octanol–water partition coefficient (Wildman–Crippen LogP) is 14.3. The Labute approximate surface area is 312 Å². The topological polar surface area (TPSA) is 6.48 Å². The van der Waals surface area contributed by atoms with Gasteiger partial charge in [0, 0.05) is 39.4 Å². The molecule has 0 bridgehead atoms. The van der Waals surface area contributed by atoms with Gasteiger partial charge in [0.25, 0.3) is 0 Å². The quantitative estimate of drug-likeness (QED) is 0.158. The summed E-state index contributed by atoms with van der Waals surface area (Å²) in [5.41, 5.74) is 16.7. The van der Waals surface area contributed by atoms with Crippen molar-refractivity contribution in [3.8, 4) is 33.4 Å². The normalized spacial score (nSPS) is 12.5. The summed E-state index contributed by atoms with van der Waals surface area (Å²) in [7, 11) is 0. The van der Waals surface area contributed by atoms with Crippen LogP contribution in [0.15, 0.2) is 206 Å². The molecule has 0 radical (unpaired) electrons. The van der Waals surface area contributed by atoms with Crippen molar-refractivity contribution in [1.82, 2.24) is 0 Å². The molecule has 2 nitrogen and oxygen atoms in total. The van der Waals surface area contributed by atoms with E-state index in [1.807, 2.05) is 0 Å². The number of fused-ring (bicyclic) bond motifs is 3. The molecule has 0 aliphatic heterocycles. The molecule has 0 N–H and O–H groups in total. The zero-order chi connectivity index (χ0) is 35.8. The fourth-order valence-electron chi connectivity index (χ4n) is 7.98. The summed E-state index contributed by atoms with van der Waals surface area (Å²) in [5.74, 6) is 0. The highest BCUT2D eigenvalue weighted by molar-refractivity contribution is 5.96. The van der Waals surface area contributed by atoms with Gasteiger partial charge in [0.2, 0.25) is 0 Å². The summed E-state index contributed by atoms with van der Waals surface area (Å²) in [6, 6.07) is 74.4. The highest BCUT2D eigenvalue weighted by Gasteiger charge is 2.38. The minimum atomic E-state index is -0.213. The molecule has 254 valence electrons. The first-order chi connectivity index (χ1) is 26.1. The first kappa shape index (κ1) is 32.3. The van der Waals surface area contributed by atoms with Gasteiger partial charge in [-0.15, -0.1) is 0 Å². The third-order valence-electron chi connectivity index (χ3n) is 10.7. The molecule has 8 aromatic rings. The molecule has 1 aliphatic rings. The third-order valence-corrected chi connectivity index (χ3v) is 10.7. The van der Waals surface area contributed by atoms with Crippen LogP contribution < -0.4 is 9.80 Å². The predicted molar refractivity (Wildman–Crippen MR) is 224 cm³/mol. The molecule has 8 aromatic carbocycles. The molecule has 0 atom stereocenters. The van der Waals surface area contributed by atoms with E-state index in [2.05, 4.69) is 230 Å². The summed E-state index contributed by atoms with van der Waals surface area (Å²) in [6.45, 7) is 4.74. The molecule has 1 aliphatic carbocycles. The maximum atomic E-state index is 2.42. The lowest BCUT2D eigenvalue weighted by atomic mass is 9.82. The fourth-order valence-corrected chi connectivity index (χ4v) is 7.98. The van der Waals surface area contributed by atoms with Crippen LogP contribution in [0.3, 0.4) is 0 Å². The van der Waals surface area contributed by atoms with Crippen LogP contribution in [0.4, 0.5) is 34.1 Å². The third kappa shape index (κ3) is 5.89. The first-order valence-electron chi connectivity index (χ1n) is 18.4. The zero-order valence-corrected chi connectivity index (χ0v) is 30.0. The standard InChI is InChI=1S/C51H40N2/c1-51(2)47-24-15-25-49(53(42-22-13-6-14-23-42)44-32-28-40(29-33-44)38-18-9-4-10-19-38)50(47)46-35-34-45(36-48(46)51)52(41-20-11-5-12-21-41)43-30-26-39(27-31-43)37-16-7-3-8-17-37/h3-36H,1-2H3. The molecule has 0 fully saturated rings. The molecule has 0 unspecified atom stereocenters. The van der Waals surface area contributed by atoms with Gasteiger partial charge in [0.15, 0.2) is 0 Å². The van der Waals surface area contributed by atoms with Crippen LogP contribution >= 0.6 is 0 Å².